The van der Waals surface area contributed by atoms with Gasteiger partial charge in [0.25, 0.3) is 0 Å². The molecule has 0 aliphatic carbocycles. The van der Waals surface area contributed by atoms with Crippen LogP contribution >= 0.6 is 0 Å². The van der Waals surface area contributed by atoms with E-state index in [9.17, 15) is 26.7 Å². The van der Waals surface area contributed by atoms with Gasteiger partial charge in [-0.25, -0.2) is 0 Å². The molecule has 8 heteroatoms. The molecule has 0 fully saturated rings. The van der Waals surface area contributed by atoms with E-state index in [0.717, 1.165) is 0 Å². The lowest BCUT2D eigenvalue weighted by molar-refractivity contribution is -0.274. The van der Waals surface area contributed by atoms with Crippen LogP contribution < -0.4 is 5.73 Å². The van der Waals surface area contributed by atoms with Crippen molar-refractivity contribution in [3.8, 4) is 0 Å². The summed E-state index contributed by atoms with van der Waals surface area (Å²) in [6, 6.07) is 4.45. The van der Waals surface area contributed by atoms with Crippen molar-refractivity contribution < 1.29 is 26.7 Å². The summed E-state index contributed by atoms with van der Waals surface area (Å²) in [6.45, 7) is -0.578. The first-order chi connectivity index (χ1) is 8.63. The average molecular weight is 280 g/mol. The molecule has 0 saturated carbocycles. The minimum absolute atomic E-state index is 0.278. The zero-order chi connectivity index (χ0) is 14.4. The fraction of sp³-hybridized carbons (Fsp3) is 0.364. The van der Waals surface area contributed by atoms with Crippen molar-refractivity contribution in [3.05, 3.63) is 29.3 Å². The van der Waals surface area contributed by atoms with E-state index in [1.807, 2.05) is 0 Å². The Morgan fingerprint density at radius 2 is 1.68 bits per heavy atom. The molecule has 2 rings (SSSR count). The van der Waals surface area contributed by atoms with Crippen molar-refractivity contribution >= 4 is 11.6 Å². The van der Waals surface area contributed by atoms with Crippen molar-refractivity contribution in [2.45, 2.75) is 25.2 Å². The van der Waals surface area contributed by atoms with E-state index >= 15 is 0 Å². The molecule has 1 aliphatic rings. The predicted octanol–water partition coefficient (Wildman–Crippen LogP) is 2.31. The number of benzene rings is 1. The van der Waals surface area contributed by atoms with E-state index in [1.54, 1.807) is 0 Å². The van der Waals surface area contributed by atoms with Gasteiger partial charge in [-0.1, -0.05) is 6.07 Å². The van der Waals surface area contributed by atoms with Crippen LogP contribution in [0.2, 0.25) is 0 Å². The Balaban J connectivity index is 2.22. The molecule has 0 saturated heterocycles. The number of carbonyl (C=O) groups excluding carboxylic acids is 1. The molecule has 1 aromatic carbocycles. The number of nitrogens with zero attached hydrogens (tertiary/aromatic N) is 1. The third kappa shape index (κ3) is 2.22. The van der Waals surface area contributed by atoms with Crippen LogP contribution in [0.3, 0.4) is 0 Å². The summed E-state index contributed by atoms with van der Waals surface area (Å²) >= 11 is 0. The van der Waals surface area contributed by atoms with Gasteiger partial charge in [-0.05, 0) is 23.3 Å². The van der Waals surface area contributed by atoms with Crippen LogP contribution in [-0.2, 0) is 17.9 Å². The summed E-state index contributed by atoms with van der Waals surface area (Å²) < 4.78 is 62.2. The maximum atomic E-state index is 12.9. The minimum Gasteiger partial charge on any atom is -0.399 e. The second kappa shape index (κ2) is 4.07. The van der Waals surface area contributed by atoms with Crippen LogP contribution in [0, 0.1) is 0 Å². The summed E-state index contributed by atoms with van der Waals surface area (Å²) in [5.41, 5.74) is 6.83. The van der Waals surface area contributed by atoms with Crippen molar-refractivity contribution in [1.82, 2.24) is 4.90 Å². The molecule has 2 N–H and O–H groups in total. The number of fused-ring (bicyclic) bond motifs is 1. The number of anilines is 1. The Morgan fingerprint density at radius 3 is 2.26 bits per heavy atom. The number of carbonyl (C=O) groups is 1. The maximum Gasteiger partial charge on any atom is 0.463 e. The van der Waals surface area contributed by atoms with Gasteiger partial charge in [0.05, 0.1) is 0 Å². The highest BCUT2D eigenvalue weighted by atomic mass is 19.4. The van der Waals surface area contributed by atoms with Crippen LogP contribution in [0.5, 0.6) is 0 Å². The normalized spacial score (nSPS) is 15.5. The molecule has 0 atom stereocenters. The molecule has 0 aromatic heterocycles. The molecule has 19 heavy (non-hydrogen) atoms. The highest BCUT2D eigenvalue weighted by Crippen LogP contribution is 2.38. The zero-order valence-corrected chi connectivity index (χ0v) is 9.47. The minimum atomic E-state index is -5.89. The SMILES string of the molecule is Nc1ccc2c(c1)CN(C(=O)C(F)(F)C(F)(F)F)C2. The molecule has 1 amide bonds. The Bertz CT molecular complexity index is 526. The molecule has 1 aliphatic heterocycles. The quantitative estimate of drug-likeness (QED) is 0.634. The van der Waals surface area contributed by atoms with Gasteiger partial charge in [-0.15, -0.1) is 0 Å². The molecular weight excluding hydrogens is 271 g/mol. The van der Waals surface area contributed by atoms with Crippen LogP contribution in [0.15, 0.2) is 18.2 Å². The molecule has 3 nitrogen and oxygen atoms in total. The Morgan fingerprint density at radius 1 is 1.11 bits per heavy atom. The number of hydrogen-bond donors (Lipinski definition) is 1. The van der Waals surface area contributed by atoms with E-state index < -0.39 is 18.0 Å². The van der Waals surface area contributed by atoms with Crippen molar-refractivity contribution in [2.24, 2.45) is 0 Å². The standard InChI is InChI=1S/C11H9F5N2O/c12-10(13,11(14,15)16)9(19)18-4-6-1-2-8(17)3-7(6)5-18/h1-3H,4-5,17H2. The summed E-state index contributed by atoms with van der Waals surface area (Å²) in [7, 11) is 0. The molecule has 0 unspecified atom stereocenters. The third-order valence-electron chi connectivity index (χ3n) is 2.86. The Hall–Kier alpha value is -1.86. The van der Waals surface area contributed by atoms with E-state index in [2.05, 4.69) is 0 Å². The molecule has 1 aromatic rings. The number of nitrogens with two attached hydrogens (primary N) is 1. The lowest BCUT2D eigenvalue weighted by Gasteiger charge is -2.24. The van der Waals surface area contributed by atoms with Crippen LogP contribution in [-0.4, -0.2) is 22.9 Å². The van der Waals surface area contributed by atoms with Crippen molar-refractivity contribution in [2.75, 3.05) is 5.73 Å². The number of rotatable bonds is 1. The number of alkyl halides is 5. The van der Waals surface area contributed by atoms with E-state index in [0.29, 0.717) is 21.7 Å². The second-order valence-electron chi connectivity index (χ2n) is 4.26. The lowest BCUT2D eigenvalue weighted by atomic mass is 10.1. The van der Waals surface area contributed by atoms with Gasteiger partial charge < -0.3 is 10.6 Å². The van der Waals surface area contributed by atoms with E-state index in [-0.39, 0.29) is 13.1 Å². The largest absolute Gasteiger partial charge is 0.463 e. The average Bonchev–Trinajstić information content (AvgIpc) is 2.68. The molecule has 1 heterocycles. The first kappa shape index (κ1) is 13.6. The molecule has 104 valence electrons. The van der Waals surface area contributed by atoms with Crippen LogP contribution in [0.1, 0.15) is 11.1 Å². The van der Waals surface area contributed by atoms with Crippen LogP contribution in [0.4, 0.5) is 27.6 Å². The van der Waals surface area contributed by atoms with E-state index in [4.69, 9.17) is 5.73 Å². The first-order valence-corrected chi connectivity index (χ1v) is 5.24. The fourth-order valence-corrected chi connectivity index (χ4v) is 1.88. The van der Waals surface area contributed by atoms with Gasteiger partial charge in [-0.3, -0.25) is 4.79 Å². The number of amides is 1. The molecule has 0 radical (unpaired) electrons. The summed E-state index contributed by atoms with van der Waals surface area (Å²) in [6.07, 6.45) is -5.89. The molecular formula is C11H9F5N2O. The van der Waals surface area contributed by atoms with Crippen molar-refractivity contribution in [1.29, 1.82) is 0 Å². The van der Waals surface area contributed by atoms with E-state index in [1.165, 1.54) is 18.2 Å². The topological polar surface area (TPSA) is 46.3 Å². The highest BCUT2D eigenvalue weighted by Gasteiger charge is 2.64. The number of nitrogen functional groups attached to an aromatic ring is 1. The Kier molecular flexibility index (Phi) is 2.91. The van der Waals surface area contributed by atoms with Crippen molar-refractivity contribution in [3.63, 3.8) is 0 Å². The first-order valence-electron chi connectivity index (χ1n) is 5.24. The Labute approximate surface area is 104 Å². The summed E-state index contributed by atoms with van der Waals surface area (Å²) in [4.78, 5) is 11.8. The fourth-order valence-electron chi connectivity index (χ4n) is 1.88. The summed E-state index contributed by atoms with van der Waals surface area (Å²) in [5, 5.41) is 0. The second-order valence-corrected chi connectivity index (χ2v) is 4.26. The number of halogens is 5. The van der Waals surface area contributed by atoms with Gasteiger partial charge >= 0.3 is 18.0 Å². The van der Waals surface area contributed by atoms with Gasteiger partial charge in [0.15, 0.2) is 0 Å². The van der Waals surface area contributed by atoms with Gasteiger partial charge in [-0.2, -0.15) is 22.0 Å². The lowest BCUT2D eigenvalue weighted by Crippen LogP contribution is -2.50. The summed E-state index contributed by atoms with van der Waals surface area (Å²) in [5.74, 6) is -7.62. The monoisotopic (exact) mass is 280 g/mol. The predicted molar refractivity (Wildman–Crippen MR) is 56.1 cm³/mol. The van der Waals surface area contributed by atoms with Crippen LogP contribution in [0.25, 0.3) is 0 Å². The third-order valence-corrected chi connectivity index (χ3v) is 2.86. The zero-order valence-electron chi connectivity index (χ0n) is 9.47. The van der Waals surface area contributed by atoms with Gasteiger partial charge in [0, 0.05) is 18.8 Å². The molecule has 0 spiro atoms. The number of hydrogen-bond acceptors (Lipinski definition) is 2. The smallest absolute Gasteiger partial charge is 0.399 e. The maximum absolute atomic E-state index is 12.9. The van der Waals surface area contributed by atoms with Gasteiger partial charge in [0.2, 0.25) is 0 Å². The highest BCUT2D eigenvalue weighted by molar-refractivity contribution is 5.85. The molecule has 0 bridgehead atoms. The van der Waals surface area contributed by atoms with Gasteiger partial charge in [0.1, 0.15) is 0 Å².